The number of nitrogens with zero attached hydrogens (tertiary/aromatic N) is 1. The van der Waals surface area contributed by atoms with Gasteiger partial charge in [0, 0.05) is 20.0 Å². The van der Waals surface area contributed by atoms with Crippen LogP contribution in [0.15, 0.2) is 23.2 Å². The molecular weight excluding hydrogens is 365 g/mol. The van der Waals surface area contributed by atoms with Crippen LogP contribution in [0.3, 0.4) is 0 Å². The third-order valence-electron chi connectivity index (χ3n) is 3.04. The van der Waals surface area contributed by atoms with Crippen LogP contribution in [0.2, 0.25) is 0 Å². The van der Waals surface area contributed by atoms with Gasteiger partial charge in [-0.15, -0.1) is 30.4 Å². The van der Waals surface area contributed by atoms with E-state index in [2.05, 4.69) is 39.7 Å². The van der Waals surface area contributed by atoms with Crippen molar-refractivity contribution in [3.05, 3.63) is 29.3 Å². The predicted molar refractivity (Wildman–Crippen MR) is 93.0 cm³/mol. The van der Waals surface area contributed by atoms with Gasteiger partial charge in [-0.1, -0.05) is 18.1 Å². The number of hydrogen-bond donors (Lipinski definition) is 2. The first-order chi connectivity index (χ1) is 9.33. The van der Waals surface area contributed by atoms with Crippen molar-refractivity contribution in [1.29, 1.82) is 0 Å². The van der Waals surface area contributed by atoms with Crippen LogP contribution in [0.25, 0.3) is 0 Å². The quantitative estimate of drug-likeness (QED) is 0.358. The fourth-order valence-corrected chi connectivity index (χ4v) is 2.08. The number of ether oxygens (including phenoxy) is 1. The second-order valence-corrected chi connectivity index (χ2v) is 4.35. The van der Waals surface area contributed by atoms with Crippen LogP contribution in [0.5, 0.6) is 5.75 Å². The van der Waals surface area contributed by atoms with Crippen LogP contribution in [-0.4, -0.2) is 32.7 Å². The molecule has 0 aliphatic carbocycles. The number of hydrogen-bond acceptors (Lipinski definition) is 2. The fraction of sp³-hybridized carbons (Fsp3) is 0.400. The molecule has 0 amide bonds. The number of guanidine groups is 1. The number of fused-ring (bicyclic) bond motifs is 1. The zero-order valence-corrected chi connectivity index (χ0v) is 13.9. The summed E-state index contributed by atoms with van der Waals surface area (Å²) in [6.07, 6.45) is 7.16. The van der Waals surface area contributed by atoms with Crippen molar-refractivity contribution in [1.82, 2.24) is 10.6 Å². The molecule has 1 aliphatic rings. The Labute approximate surface area is 137 Å². The van der Waals surface area contributed by atoms with E-state index < -0.39 is 0 Å². The molecular formula is C15H20IN3O. The highest BCUT2D eigenvalue weighted by Gasteiger charge is 2.11. The highest BCUT2D eigenvalue weighted by atomic mass is 127. The maximum Gasteiger partial charge on any atom is 0.191 e. The van der Waals surface area contributed by atoms with Crippen molar-refractivity contribution in [2.24, 2.45) is 4.99 Å². The molecule has 2 N–H and O–H groups in total. The topological polar surface area (TPSA) is 45.7 Å². The van der Waals surface area contributed by atoms with Gasteiger partial charge < -0.3 is 15.4 Å². The van der Waals surface area contributed by atoms with Crippen molar-refractivity contribution in [2.45, 2.75) is 12.8 Å². The number of benzene rings is 1. The zero-order chi connectivity index (χ0) is 13.5. The van der Waals surface area contributed by atoms with Crippen LogP contribution in [0.1, 0.15) is 11.1 Å². The predicted octanol–water partition coefficient (Wildman–Crippen LogP) is 1.58. The molecule has 0 saturated heterocycles. The standard InChI is InChI=1S/C15H19N3O.HI/c1-3-8-17-15(16-2)18-9-6-12-4-5-14-13(11-12)7-10-19-14;/h1,4-5,11H,6-10H2,2H3,(H2,16,17,18);1H. The summed E-state index contributed by atoms with van der Waals surface area (Å²) >= 11 is 0. The maximum atomic E-state index is 5.49. The third-order valence-corrected chi connectivity index (χ3v) is 3.04. The monoisotopic (exact) mass is 385 g/mol. The number of aliphatic imine (C=N–C) groups is 1. The maximum absolute atomic E-state index is 5.49. The van der Waals surface area contributed by atoms with Gasteiger partial charge in [-0.25, -0.2) is 0 Å². The summed E-state index contributed by atoms with van der Waals surface area (Å²) in [6.45, 7) is 2.11. The lowest BCUT2D eigenvalue weighted by Crippen LogP contribution is -2.38. The van der Waals surface area contributed by atoms with Gasteiger partial charge in [0.15, 0.2) is 5.96 Å². The Kier molecular flexibility index (Phi) is 7.23. The van der Waals surface area contributed by atoms with Crippen LogP contribution >= 0.6 is 24.0 Å². The van der Waals surface area contributed by atoms with E-state index in [1.54, 1.807) is 7.05 Å². The van der Waals surface area contributed by atoms with Gasteiger partial charge in [0.1, 0.15) is 5.75 Å². The molecule has 0 radical (unpaired) electrons. The van der Waals surface area contributed by atoms with E-state index >= 15 is 0 Å². The van der Waals surface area contributed by atoms with Crippen LogP contribution in [0, 0.1) is 12.3 Å². The van der Waals surface area contributed by atoms with Crippen molar-refractivity contribution in [2.75, 3.05) is 26.7 Å². The molecule has 0 saturated carbocycles. The first kappa shape index (κ1) is 16.6. The van der Waals surface area contributed by atoms with Crippen LogP contribution < -0.4 is 15.4 Å². The van der Waals surface area contributed by atoms with E-state index in [4.69, 9.17) is 11.2 Å². The minimum Gasteiger partial charge on any atom is -0.493 e. The summed E-state index contributed by atoms with van der Waals surface area (Å²) in [5.41, 5.74) is 2.62. The molecule has 0 aromatic heterocycles. The third kappa shape index (κ3) is 4.60. The summed E-state index contributed by atoms with van der Waals surface area (Å²) < 4.78 is 5.49. The molecule has 1 heterocycles. The van der Waals surface area contributed by atoms with E-state index in [9.17, 15) is 0 Å². The largest absolute Gasteiger partial charge is 0.493 e. The second kappa shape index (κ2) is 8.69. The molecule has 1 aromatic rings. The summed E-state index contributed by atoms with van der Waals surface area (Å²) in [5.74, 6) is 4.29. The molecule has 5 heteroatoms. The Balaban J connectivity index is 0.00000200. The lowest BCUT2D eigenvalue weighted by atomic mass is 10.1. The second-order valence-electron chi connectivity index (χ2n) is 4.35. The van der Waals surface area contributed by atoms with Gasteiger partial charge in [0.25, 0.3) is 0 Å². The van der Waals surface area contributed by atoms with E-state index in [0.29, 0.717) is 6.54 Å². The first-order valence-corrected chi connectivity index (χ1v) is 6.46. The first-order valence-electron chi connectivity index (χ1n) is 6.46. The van der Waals surface area contributed by atoms with E-state index in [1.165, 1.54) is 11.1 Å². The molecule has 0 bridgehead atoms. The molecule has 1 aliphatic heterocycles. The molecule has 0 unspecified atom stereocenters. The number of rotatable bonds is 4. The number of halogens is 1. The molecule has 0 fully saturated rings. The van der Waals surface area contributed by atoms with Gasteiger partial charge in [-0.05, 0) is 23.6 Å². The summed E-state index contributed by atoms with van der Waals surface area (Å²) in [7, 11) is 1.73. The van der Waals surface area contributed by atoms with E-state index in [-0.39, 0.29) is 24.0 Å². The number of terminal acetylenes is 1. The SMILES string of the molecule is C#CCNC(=NC)NCCc1ccc2c(c1)CCO2.I. The summed E-state index contributed by atoms with van der Waals surface area (Å²) in [4.78, 5) is 4.09. The average molecular weight is 385 g/mol. The molecule has 0 spiro atoms. The van der Waals surface area contributed by atoms with Crippen molar-refractivity contribution >= 4 is 29.9 Å². The van der Waals surface area contributed by atoms with E-state index in [1.807, 2.05) is 0 Å². The fourth-order valence-electron chi connectivity index (χ4n) is 2.08. The zero-order valence-electron chi connectivity index (χ0n) is 11.6. The van der Waals surface area contributed by atoms with Crippen molar-refractivity contribution in [3.8, 4) is 18.1 Å². The Morgan fingerprint density at radius 3 is 3.05 bits per heavy atom. The van der Waals surface area contributed by atoms with Crippen molar-refractivity contribution in [3.63, 3.8) is 0 Å². The van der Waals surface area contributed by atoms with Gasteiger partial charge in [-0.2, -0.15) is 0 Å². The summed E-state index contributed by atoms with van der Waals surface area (Å²) in [6, 6.07) is 6.40. The molecule has 4 nitrogen and oxygen atoms in total. The Bertz CT molecular complexity index is 508. The average Bonchev–Trinajstić information content (AvgIpc) is 2.90. The van der Waals surface area contributed by atoms with E-state index in [0.717, 1.165) is 37.7 Å². The van der Waals surface area contributed by atoms with Crippen LogP contribution in [0.4, 0.5) is 0 Å². The lowest BCUT2D eigenvalue weighted by Gasteiger charge is -2.10. The highest BCUT2D eigenvalue weighted by molar-refractivity contribution is 14.0. The molecule has 1 aromatic carbocycles. The van der Waals surface area contributed by atoms with Gasteiger partial charge >= 0.3 is 0 Å². The smallest absolute Gasteiger partial charge is 0.191 e. The normalized spacial score (nSPS) is 12.7. The molecule has 108 valence electrons. The minimum absolute atomic E-state index is 0. The summed E-state index contributed by atoms with van der Waals surface area (Å²) in [5, 5.41) is 6.26. The Morgan fingerprint density at radius 1 is 1.45 bits per heavy atom. The van der Waals surface area contributed by atoms with Gasteiger partial charge in [0.2, 0.25) is 0 Å². The highest BCUT2D eigenvalue weighted by Crippen LogP contribution is 2.25. The Morgan fingerprint density at radius 2 is 2.30 bits per heavy atom. The Hall–Kier alpha value is -1.42. The minimum atomic E-state index is 0. The number of nitrogens with one attached hydrogen (secondary N) is 2. The lowest BCUT2D eigenvalue weighted by molar-refractivity contribution is 0.357. The molecule has 2 rings (SSSR count). The van der Waals surface area contributed by atoms with Gasteiger partial charge in [0.05, 0.1) is 13.2 Å². The molecule has 0 atom stereocenters. The van der Waals surface area contributed by atoms with Crippen LogP contribution in [-0.2, 0) is 12.8 Å². The van der Waals surface area contributed by atoms with Crippen molar-refractivity contribution < 1.29 is 4.74 Å². The molecule has 20 heavy (non-hydrogen) atoms. The van der Waals surface area contributed by atoms with Gasteiger partial charge in [-0.3, -0.25) is 4.99 Å².